The highest BCUT2D eigenvalue weighted by molar-refractivity contribution is 5.33. The van der Waals surface area contributed by atoms with E-state index in [-0.39, 0.29) is 7.43 Å². The summed E-state index contributed by atoms with van der Waals surface area (Å²) >= 11 is 0. The van der Waals surface area contributed by atoms with Crippen molar-refractivity contribution < 1.29 is 4.73 Å². The first kappa shape index (κ1) is 28.4. The Kier molecular flexibility index (Phi) is 13.2. The minimum Gasteiger partial charge on any atom is -0.619 e. The van der Waals surface area contributed by atoms with Gasteiger partial charge in [-0.15, -0.1) is 0 Å². The van der Waals surface area contributed by atoms with Crippen molar-refractivity contribution >= 4 is 0 Å². The van der Waals surface area contributed by atoms with Crippen LogP contribution in [0, 0.1) is 18.0 Å². The molecular weight excluding hydrogens is 378 g/mol. The van der Waals surface area contributed by atoms with Crippen molar-refractivity contribution in [1.29, 1.82) is 0 Å². The molecule has 2 aromatic rings. The van der Waals surface area contributed by atoms with Gasteiger partial charge in [-0.25, -0.2) is 0 Å². The molecule has 2 nitrogen and oxygen atoms in total. The van der Waals surface area contributed by atoms with Gasteiger partial charge >= 0.3 is 0 Å². The highest BCUT2D eigenvalue weighted by Gasteiger charge is 2.05. The minimum atomic E-state index is 0. The second kappa shape index (κ2) is 14.4. The van der Waals surface area contributed by atoms with Crippen LogP contribution >= 0.6 is 0 Å². The number of aromatic nitrogens is 1. The molecule has 0 spiro atoms. The van der Waals surface area contributed by atoms with Crippen molar-refractivity contribution in [3.63, 3.8) is 0 Å². The lowest BCUT2D eigenvalue weighted by atomic mass is 9.93. The molecule has 0 N–H and O–H groups in total. The summed E-state index contributed by atoms with van der Waals surface area (Å²) in [7, 11) is 0. The van der Waals surface area contributed by atoms with Crippen LogP contribution in [-0.2, 0) is 0 Å². The molecule has 0 radical (unpaired) electrons. The lowest BCUT2D eigenvalue weighted by Gasteiger charge is -2.13. The first-order chi connectivity index (χ1) is 14.1. The van der Waals surface area contributed by atoms with Gasteiger partial charge in [-0.05, 0) is 42.7 Å². The standard InChI is InChI=1S/2C10H14.C8H11NO.CH4/c2*1-8(2)10-6-4-5-9(3)7-10;1-7(2)8-4-3-5-9(10)6-8;/h4-8H,1-3H3;4-6,8H,3,7H2,1-2H3;3-7H,1-2H3;1H4. The molecule has 0 amide bonds. The Bertz CT molecular complexity index is 807. The van der Waals surface area contributed by atoms with Crippen molar-refractivity contribution in [3.05, 3.63) is 107 Å². The van der Waals surface area contributed by atoms with Crippen LogP contribution in [0.25, 0.3) is 0 Å². The van der Waals surface area contributed by atoms with Gasteiger partial charge in [0.2, 0.25) is 0 Å². The van der Waals surface area contributed by atoms with Crippen LogP contribution in [0.4, 0.5) is 0 Å². The van der Waals surface area contributed by atoms with E-state index >= 15 is 0 Å². The zero-order valence-electron chi connectivity index (χ0n) is 19.9. The van der Waals surface area contributed by atoms with Crippen LogP contribution in [0.5, 0.6) is 0 Å². The van der Waals surface area contributed by atoms with Crippen LogP contribution in [0.1, 0.15) is 83.9 Å². The van der Waals surface area contributed by atoms with E-state index < -0.39 is 0 Å². The van der Waals surface area contributed by atoms with Crippen LogP contribution in [-0.4, -0.2) is 0 Å². The van der Waals surface area contributed by atoms with Crippen molar-refractivity contribution in [1.82, 2.24) is 0 Å². The van der Waals surface area contributed by atoms with Gasteiger partial charge in [0, 0.05) is 11.6 Å². The third kappa shape index (κ3) is 11.4. The predicted octanol–water partition coefficient (Wildman–Crippen LogP) is 8.28. The van der Waals surface area contributed by atoms with Gasteiger partial charge in [-0.2, -0.15) is 4.73 Å². The van der Waals surface area contributed by atoms with Gasteiger partial charge < -0.3 is 5.21 Å². The second-order valence-electron chi connectivity index (χ2n) is 8.81. The van der Waals surface area contributed by atoms with Crippen molar-refractivity contribution in [2.75, 3.05) is 0 Å². The van der Waals surface area contributed by atoms with E-state index in [0.29, 0.717) is 17.8 Å². The van der Waals surface area contributed by atoms with E-state index in [9.17, 15) is 5.21 Å². The van der Waals surface area contributed by atoms with E-state index in [1.54, 1.807) is 12.3 Å². The molecule has 0 saturated heterocycles. The molecule has 1 aliphatic rings. The molecule has 0 fully saturated rings. The topological polar surface area (TPSA) is 26.9 Å². The van der Waals surface area contributed by atoms with Gasteiger partial charge in [0.05, 0.1) is 0 Å². The molecule has 31 heavy (non-hydrogen) atoms. The zero-order chi connectivity index (χ0) is 22.7. The molecule has 0 bridgehead atoms. The number of nitrogens with zero attached hydrogens (tertiary/aromatic N) is 1. The maximum Gasteiger partial charge on any atom is 0.183 e. The smallest absolute Gasteiger partial charge is 0.183 e. The molecule has 3 rings (SSSR count). The van der Waals surface area contributed by atoms with E-state index in [2.05, 4.69) is 97.5 Å². The third-order valence-corrected chi connectivity index (χ3v) is 4.99. The van der Waals surface area contributed by atoms with Crippen LogP contribution in [0.3, 0.4) is 0 Å². The Labute approximate surface area is 191 Å². The molecule has 2 heteroatoms. The van der Waals surface area contributed by atoms with Gasteiger partial charge in [0.15, 0.2) is 12.4 Å². The maximum absolute atomic E-state index is 10.7. The van der Waals surface area contributed by atoms with E-state index in [1.165, 1.54) is 28.5 Å². The third-order valence-electron chi connectivity index (χ3n) is 4.99. The average Bonchev–Trinajstić information content (AvgIpc) is 2.69. The number of allylic oxidation sites excluding steroid dienone is 5. The minimum absolute atomic E-state index is 0. The molecule has 0 atom stereocenters. The summed E-state index contributed by atoms with van der Waals surface area (Å²) in [5, 5.41) is 10.7. The lowest BCUT2D eigenvalue weighted by Crippen LogP contribution is -2.24. The lowest BCUT2D eigenvalue weighted by molar-refractivity contribution is -0.605. The van der Waals surface area contributed by atoms with Crippen LogP contribution in [0.15, 0.2) is 84.7 Å². The van der Waals surface area contributed by atoms with E-state index in [4.69, 9.17) is 0 Å². The number of hydrogen-bond donors (Lipinski definition) is 0. The van der Waals surface area contributed by atoms with Crippen LogP contribution < -0.4 is 4.73 Å². The van der Waals surface area contributed by atoms with Gasteiger partial charge in [0.1, 0.15) is 0 Å². The zero-order valence-corrected chi connectivity index (χ0v) is 19.9. The summed E-state index contributed by atoms with van der Waals surface area (Å²) in [6.45, 7) is 19.1. The van der Waals surface area contributed by atoms with Crippen molar-refractivity contribution in [3.8, 4) is 0 Å². The molecule has 1 heterocycles. The molecule has 0 unspecified atom stereocenters. The molecule has 0 aliphatic heterocycles. The monoisotopic (exact) mass is 421 g/mol. The normalized spacial score (nSPS) is 12.5. The Morgan fingerprint density at radius 1 is 0.903 bits per heavy atom. The van der Waals surface area contributed by atoms with Gasteiger partial charge in [-0.3, -0.25) is 0 Å². The Balaban J connectivity index is 0.000000429. The molecule has 0 saturated carbocycles. The first-order valence-electron chi connectivity index (χ1n) is 10.9. The summed E-state index contributed by atoms with van der Waals surface area (Å²) in [4.78, 5) is 0. The summed E-state index contributed by atoms with van der Waals surface area (Å²) in [5.74, 6) is 1.75. The summed E-state index contributed by atoms with van der Waals surface area (Å²) in [6.07, 6.45) is 10.5. The molecule has 1 aromatic carbocycles. The van der Waals surface area contributed by atoms with Gasteiger partial charge in [0.25, 0.3) is 0 Å². The fourth-order valence-electron chi connectivity index (χ4n) is 2.93. The number of pyridine rings is 1. The quantitative estimate of drug-likeness (QED) is 0.362. The highest BCUT2D eigenvalue weighted by Crippen LogP contribution is 2.22. The highest BCUT2D eigenvalue weighted by atomic mass is 16.5. The Morgan fingerprint density at radius 2 is 1.52 bits per heavy atom. The van der Waals surface area contributed by atoms with Gasteiger partial charge in [-0.1, -0.05) is 115 Å². The SMILES string of the molecule is C.C=C1C=CC=C(C(C)C)C1.CC(C)c1ccc[n+]([O-])c1.Cc1cccc(C(C)C)c1. The number of hydrogen-bond acceptors (Lipinski definition) is 1. The van der Waals surface area contributed by atoms with Crippen molar-refractivity contribution in [2.24, 2.45) is 5.92 Å². The number of benzene rings is 1. The Hall–Kier alpha value is -2.61. The van der Waals surface area contributed by atoms with Crippen molar-refractivity contribution in [2.45, 2.75) is 74.1 Å². The predicted molar refractivity (Wildman–Crippen MR) is 137 cm³/mol. The van der Waals surface area contributed by atoms with E-state index in [1.807, 2.05) is 6.07 Å². The Morgan fingerprint density at radius 3 is 1.90 bits per heavy atom. The molecule has 170 valence electrons. The first-order valence-corrected chi connectivity index (χ1v) is 10.9. The fraction of sp³-hybridized carbons (Fsp3) is 0.414. The fourth-order valence-corrected chi connectivity index (χ4v) is 2.93. The summed E-state index contributed by atoms with van der Waals surface area (Å²) in [5.41, 5.74) is 6.59. The van der Waals surface area contributed by atoms with E-state index in [0.717, 1.165) is 16.7 Å². The van der Waals surface area contributed by atoms with Crippen LogP contribution in [0.2, 0.25) is 0 Å². The largest absolute Gasteiger partial charge is 0.619 e. The average molecular weight is 422 g/mol. The molecule has 1 aliphatic carbocycles. The summed E-state index contributed by atoms with van der Waals surface area (Å²) < 4.78 is 0.829. The number of aryl methyl sites for hydroxylation is 1. The molecule has 1 aromatic heterocycles. The second-order valence-corrected chi connectivity index (χ2v) is 8.81. The summed E-state index contributed by atoms with van der Waals surface area (Å²) in [6, 6.07) is 12.4. The number of rotatable bonds is 3. The molecular formula is C29H43NO. The maximum atomic E-state index is 10.7.